The van der Waals surface area contributed by atoms with Crippen molar-refractivity contribution in [2.45, 2.75) is 52.5 Å². The molecular formula is C19H9F17N4O3S. The fraction of sp³-hybridized carbons (Fsp3) is 0.421. The molecule has 0 aliphatic carbocycles. The molecule has 2 N–H and O–H groups in total. The number of benzene rings is 1. The van der Waals surface area contributed by atoms with Crippen LogP contribution in [0, 0.1) is 0 Å². The molecule has 0 aliphatic heterocycles. The van der Waals surface area contributed by atoms with Crippen molar-refractivity contribution in [1.82, 2.24) is 9.97 Å². The van der Waals surface area contributed by atoms with Gasteiger partial charge in [-0.1, -0.05) is 0 Å². The second kappa shape index (κ2) is 10.7. The number of aromatic nitrogens is 2. The van der Waals surface area contributed by atoms with E-state index in [4.69, 9.17) is 0 Å². The first kappa shape index (κ1) is 36.5. The standard InChI is InChI=1S/C19H9F17N4O3S/c20-12(21,10(41)39-8-2-4-9(5-3-8)44(42,43)40-11-37-6-1-7-38-11)13(22,23)14(24,25)15(26,27)16(28,29)17(30,31)18(32,33)19(34,35)36/h1-7H,(H,39,41)(H,37,38,40). The summed E-state index contributed by atoms with van der Waals surface area (Å²) in [6.45, 7) is 0. The molecule has 2 aromatic rings. The highest BCUT2D eigenvalue weighted by Gasteiger charge is 2.95. The van der Waals surface area contributed by atoms with E-state index in [1.807, 2.05) is 0 Å². The van der Waals surface area contributed by atoms with E-state index < -0.39 is 80.1 Å². The molecule has 248 valence electrons. The van der Waals surface area contributed by atoms with Crippen molar-refractivity contribution in [3.05, 3.63) is 42.7 Å². The van der Waals surface area contributed by atoms with Crippen molar-refractivity contribution in [3.63, 3.8) is 0 Å². The molecule has 0 spiro atoms. The van der Waals surface area contributed by atoms with Crippen LogP contribution in [0.3, 0.4) is 0 Å². The molecule has 0 radical (unpaired) electrons. The number of hydrogen-bond donors (Lipinski definition) is 2. The fourth-order valence-electron chi connectivity index (χ4n) is 2.76. The highest BCUT2D eigenvalue weighted by atomic mass is 32.2. The summed E-state index contributed by atoms with van der Waals surface area (Å²) in [7, 11) is -4.59. The first-order chi connectivity index (χ1) is 19.4. The van der Waals surface area contributed by atoms with Gasteiger partial charge in [-0.05, 0) is 30.3 Å². The Hall–Kier alpha value is -3.67. The Morgan fingerprint density at radius 1 is 0.591 bits per heavy atom. The smallest absolute Gasteiger partial charge is 0.321 e. The van der Waals surface area contributed by atoms with Gasteiger partial charge in [-0.2, -0.15) is 74.6 Å². The molecule has 0 atom stereocenters. The van der Waals surface area contributed by atoms with Crippen LogP contribution in [0.2, 0.25) is 0 Å². The first-order valence-corrected chi connectivity index (χ1v) is 11.8. The summed E-state index contributed by atoms with van der Waals surface area (Å²) in [5.74, 6) is -63.2. The molecule has 1 amide bonds. The predicted molar refractivity (Wildman–Crippen MR) is 109 cm³/mol. The highest BCUT2D eigenvalue weighted by molar-refractivity contribution is 7.92. The van der Waals surface area contributed by atoms with Crippen LogP contribution in [0.1, 0.15) is 0 Å². The third-order valence-corrected chi connectivity index (χ3v) is 6.57. The minimum Gasteiger partial charge on any atom is -0.321 e. The van der Waals surface area contributed by atoms with Crippen molar-refractivity contribution in [2.24, 2.45) is 0 Å². The Bertz CT molecular complexity index is 1460. The lowest BCUT2D eigenvalue weighted by Gasteiger charge is -2.42. The van der Waals surface area contributed by atoms with Gasteiger partial charge in [0.15, 0.2) is 0 Å². The van der Waals surface area contributed by atoms with Gasteiger partial charge in [0.2, 0.25) is 5.95 Å². The zero-order chi connectivity index (χ0) is 34.6. The topological polar surface area (TPSA) is 101 Å². The van der Waals surface area contributed by atoms with E-state index in [9.17, 15) is 87.8 Å². The molecular weight excluding hydrogens is 687 g/mol. The SMILES string of the molecule is O=C(Nc1ccc(S(=O)(=O)Nc2ncccn2)cc1)C(F)(F)C(F)(F)C(F)(F)C(F)(F)C(F)(F)C(F)(F)C(F)(F)C(F)(F)F. The van der Waals surface area contributed by atoms with Crippen LogP contribution < -0.4 is 10.0 Å². The van der Waals surface area contributed by atoms with Crippen LogP contribution in [0.5, 0.6) is 0 Å². The van der Waals surface area contributed by atoms with Crippen molar-refractivity contribution in [1.29, 1.82) is 0 Å². The lowest BCUT2D eigenvalue weighted by atomic mass is 9.89. The molecule has 0 bridgehead atoms. The lowest BCUT2D eigenvalue weighted by molar-refractivity contribution is -0.459. The Morgan fingerprint density at radius 3 is 1.39 bits per heavy atom. The van der Waals surface area contributed by atoms with E-state index in [0.717, 1.165) is 12.4 Å². The van der Waals surface area contributed by atoms with E-state index >= 15 is 0 Å². The van der Waals surface area contributed by atoms with Crippen molar-refractivity contribution in [2.75, 3.05) is 10.0 Å². The number of hydrogen-bond acceptors (Lipinski definition) is 5. The summed E-state index contributed by atoms with van der Waals surface area (Å²) in [5.41, 5.74) is -1.21. The van der Waals surface area contributed by atoms with E-state index in [1.165, 1.54) is 6.07 Å². The summed E-state index contributed by atoms with van der Waals surface area (Å²) in [5, 5.41) is 0.662. The maximum absolute atomic E-state index is 14.1. The molecule has 2 rings (SSSR count). The number of sulfonamides is 1. The number of alkyl halides is 17. The van der Waals surface area contributed by atoms with Crippen molar-refractivity contribution in [3.8, 4) is 0 Å². The van der Waals surface area contributed by atoms with Gasteiger partial charge in [0.05, 0.1) is 4.90 Å². The van der Waals surface area contributed by atoms with Crippen molar-refractivity contribution < 1.29 is 87.8 Å². The molecule has 0 saturated heterocycles. The lowest BCUT2D eigenvalue weighted by Crippen LogP contribution is -2.75. The maximum atomic E-state index is 14.1. The average molecular weight is 696 g/mol. The second-order valence-corrected chi connectivity index (χ2v) is 9.86. The molecule has 25 heteroatoms. The third kappa shape index (κ3) is 5.52. The summed E-state index contributed by atoms with van der Waals surface area (Å²) in [6.07, 6.45) is -5.75. The average Bonchev–Trinajstić information content (AvgIpc) is 2.87. The summed E-state index contributed by atoms with van der Waals surface area (Å²) >= 11 is 0. The number of amides is 1. The van der Waals surface area contributed by atoms with Gasteiger partial charge in [0.25, 0.3) is 10.0 Å². The van der Waals surface area contributed by atoms with Gasteiger partial charge in [-0.3, -0.25) is 4.79 Å². The summed E-state index contributed by atoms with van der Waals surface area (Å²) < 4.78 is 253. The van der Waals surface area contributed by atoms with E-state index in [0.29, 0.717) is 17.4 Å². The zero-order valence-electron chi connectivity index (χ0n) is 20.0. The molecule has 1 heterocycles. The minimum atomic E-state index is -8.84. The monoisotopic (exact) mass is 696 g/mol. The summed E-state index contributed by atoms with van der Waals surface area (Å²) in [4.78, 5) is 17.8. The van der Waals surface area contributed by atoms with Crippen LogP contribution >= 0.6 is 0 Å². The van der Waals surface area contributed by atoms with Crippen LogP contribution in [-0.4, -0.2) is 71.9 Å². The number of carbonyl (C=O) groups excluding carboxylic acids is 1. The molecule has 1 aromatic heterocycles. The number of nitrogens with one attached hydrogen (secondary N) is 2. The Morgan fingerprint density at radius 2 is 0.977 bits per heavy atom. The van der Waals surface area contributed by atoms with Gasteiger partial charge < -0.3 is 5.32 Å². The predicted octanol–water partition coefficient (Wildman–Crippen LogP) is 6.23. The van der Waals surface area contributed by atoms with Crippen LogP contribution in [-0.2, 0) is 14.8 Å². The zero-order valence-corrected chi connectivity index (χ0v) is 20.8. The molecule has 44 heavy (non-hydrogen) atoms. The Balaban J connectivity index is 2.41. The van der Waals surface area contributed by atoms with Gasteiger partial charge in [0, 0.05) is 18.1 Å². The first-order valence-electron chi connectivity index (χ1n) is 10.4. The van der Waals surface area contributed by atoms with Crippen LogP contribution in [0.25, 0.3) is 0 Å². The van der Waals surface area contributed by atoms with Gasteiger partial charge in [0.1, 0.15) is 0 Å². The molecule has 0 unspecified atom stereocenters. The number of nitrogens with zero attached hydrogens (tertiary/aromatic N) is 2. The van der Waals surface area contributed by atoms with Crippen LogP contribution in [0.15, 0.2) is 47.6 Å². The minimum absolute atomic E-state index is 0.285. The van der Waals surface area contributed by atoms with E-state index in [-0.39, 0.29) is 12.1 Å². The van der Waals surface area contributed by atoms with E-state index in [2.05, 4.69) is 9.97 Å². The number of carbonyl (C=O) groups is 1. The van der Waals surface area contributed by atoms with Crippen molar-refractivity contribution >= 4 is 27.6 Å². The Kier molecular flexibility index (Phi) is 8.92. The van der Waals surface area contributed by atoms with Gasteiger partial charge in [-0.15, -0.1) is 0 Å². The fourth-order valence-corrected chi connectivity index (χ4v) is 3.72. The highest BCUT2D eigenvalue weighted by Crippen LogP contribution is 2.64. The number of halogens is 17. The summed E-state index contributed by atoms with van der Waals surface area (Å²) in [6, 6.07) is 2.67. The van der Waals surface area contributed by atoms with Crippen LogP contribution in [0.4, 0.5) is 86.3 Å². The molecule has 7 nitrogen and oxygen atoms in total. The third-order valence-electron chi connectivity index (χ3n) is 5.22. The normalized spacial score (nSPS) is 14.8. The number of rotatable bonds is 11. The largest absolute Gasteiger partial charge is 0.460 e. The quantitative estimate of drug-likeness (QED) is 0.272. The Labute approximate surface area is 231 Å². The molecule has 0 aliphatic rings. The molecule has 0 saturated carbocycles. The second-order valence-electron chi connectivity index (χ2n) is 8.17. The van der Waals surface area contributed by atoms with E-state index in [1.54, 1.807) is 4.72 Å². The molecule has 0 fully saturated rings. The van der Waals surface area contributed by atoms with Gasteiger partial charge in [-0.25, -0.2) is 23.1 Å². The van der Waals surface area contributed by atoms with Gasteiger partial charge >= 0.3 is 53.5 Å². The molecule has 1 aromatic carbocycles. The number of anilines is 2. The maximum Gasteiger partial charge on any atom is 0.460 e.